The molecule has 1 aromatic rings. The van der Waals surface area contributed by atoms with Crippen LogP contribution in [0.2, 0.25) is 10.0 Å². The van der Waals surface area contributed by atoms with Crippen molar-refractivity contribution in [3.8, 4) is 0 Å². The third-order valence-electron chi connectivity index (χ3n) is 3.06. The molecule has 1 fully saturated rings. The Morgan fingerprint density at radius 1 is 1.32 bits per heavy atom. The van der Waals surface area contributed by atoms with Gasteiger partial charge in [-0.3, -0.25) is 0 Å². The predicted molar refractivity (Wildman–Crippen MR) is 79.1 cm³/mol. The minimum atomic E-state index is -0.240. The summed E-state index contributed by atoms with van der Waals surface area (Å²) >= 11 is 11.7. The molecule has 2 rings (SSSR count). The van der Waals surface area contributed by atoms with E-state index in [2.05, 4.69) is 16.0 Å². The first kappa shape index (κ1) is 14.4. The van der Waals surface area contributed by atoms with Gasteiger partial charge in [0.15, 0.2) is 0 Å². The van der Waals surface area contributed by atoms with Crippen LogP contribution in [0.3, 0.4) is 0 Å². The second-order valence-electron chi connectivity index (χ2n) is 4.62. The monoisotopic (exact) mass is 301 g/mol. The van der Waals surface area contributed by atoms with Crippen LogP contribution in [0.5, 0.6) is 0 Å². The molecule has 6 heteroatoms. The topological polar surface area (TPSA) is 53.2 Å². The summed E-state index contributed by atoms with van der Waals surface area (Å²) in [5, 5.41) is 9.91. The molecular formula is C13H17Cl2N3O. The van der Waals surface area contributed by atoms with E-state index in [9.17, 15) is 4.79 Å². The normalized spacial score (nSPS) is 18.3. The molecule has 104 valence electrons. The van der Waals surface area contributed by atoms with Gasteiger partial charge < -0.3 is 16.0 Å². The second-order valence-corrected chi connectivity index (χ2v) is 5.49. The zero-order chi connectivity index (χ0) is 13.7. The molecule has 1 aromatic carbocycles. The maximum absolute atomic E-state index is 11.7. The van der Waals surface area contributed by atoms with Crippen molar-refractivity contribution in [3.63, 3.8) is 0 Å². The van der Waals surface area contributed by atoms with Crippen molar-refractivity contribution >= 4 is 34.9 Å². The molecule has 1 heterocycles. The first-order valence-corrected chi connectivity index (χ1v) is 7.13. The number of urea groups is 1. The summed E-state index contributed by atoms with van der Waals surface area (Å²) in [6.45, 7) is 1.73. The highest BCUT2D eigenvalue weighted by atomic mass is 35.5. The Morgan fingerprint density at radius 3 is 2.68 bits per heavy atom. The number of halogens is 2. The molecule has 0 bridgehead atoms. The molecule has 0 aromatic heterocycles. The first-order chi connectivity index (χ1) is 9.13. The van der Waals surface area contributed by atoms with Gasteiger partial charge in [-0.05, 0) is 44.0 Å². The summed E-state index contributed by atoms with van der Waals surface area (Å²) in [7, 11) is 0. The molecule has 1 saturated heterocycles. The number of carbonyl (C=O) groups excluding carboxylic acids is 1. The van der Waals surface area contributed by atoms with E-state index in [1.54, 1.807) is 18.2 Å². The molecule has 19 heavy (non-hydrogen) atoms. The highest BCUT2D eigenvalue weighted by molar-refractivity contribution is 6.35. The largest absolute Gasteiger partial charge is 0.338 e. The molecular weight excluding hydrogens is 285 g/mol. The Morgan fingerprint density at radius 2 is 2.05 bits per heavy atom. The summed E-state index contributed by atoms with van der Waals surface area (Å²) in [4.78, 5) is 11.7. The van der Waals surface area contributed by atoms with Gasteiger partial charge in [-0.25, -0.2) is 4.79 Å². The number of rotatable bonds is 4. The third-order valence-corrected chi connectivity index (χ3v) is 3.50. The summed E-state index contributed by atoms with van der Waals surface area (Å²) in [6, 6.07) is 5.23. The van der Waals surface area contributed by atoms with E-state index >= 15 is 0 Å². The molecule has 1 unspecified atom stereocenters. The SMILES string of the molecule is O=C(NCCC1CCCN1)Nc1cc(Cl)cc(Cl)c1. The summed E-state index contributed by atoms with van der Waals surface area (Å²) < 4.78 is 0. The Kier molecular flexibility index (Phi) is 5.31. The van der Waals surface area contributed by atoms with E-state index in [1.807, 2.05) is 0 Å². The van der Waals surface area contributed by atoms with Gasteiger partial charge in [0.1, 0.15) is 0 Å². The molecule has 3 N–H and O–H groups in total. The Hall–Kier alpha value is -0.970. The number of carbonyl (C=O) groups is 1. The highest BCUT2D eigenvalue weighted by Crippen LogP contribution is 2.22. The van der Waals surface area contributed by atoms with Crippen LogP contribution in [-0.2, 0) is 0 Å². The summed E-state index contributed by atoms with van der Waals surface area (Å²) in [5.74, 6) is 0. The van der Waals surface area contributed by atoms with E-state index in [-0.39, 0.29) is 6.03 Å². The maximum Gasteiger partial charge on any atom is 0.319 e. The van der Waals surface area contributed by atoms with Crippen LogP contribution in [-0.4, -0.2) is 25.2 Å². The standard InChI is InChI=1S/C13H17Cl2N3O/c14-9-6-10(15)8-12(7-9)18-13(19)17-5-3-11-2-1-4-16-11/h6-8,11,16H,1-5H2,(H2,17,18,19). The van der Waals surface area contributed by atoms with Gasteiger partial charge in [0.05, 0.1) is 0 Å². The van der Waals surface area contributed by atoms with Crippen molar-refractivity contribution in [2.75, 3.05) is 18.4 Å². The number of hydrogen-bond acceptors (Lipinski definition) is 2. The van der Waals surface area contributed by atoms with Crippen molar-refractivity contribution in [1.29, 1.82) is 0 Å². The summed E-state index contributed by atoms with van der Waals surface area (Å²) in [6.07, 6.45) is 3.36. The second kappa shape index (κ2) is 6.98. The smallest absolute Gasteiger partial charge is 0.319 e. The summed E-state index contributed by atoms with van der Waals surface area (Å²) in [5.41, 5.74) is 0.592. The van der Waals surface area contributed by atoms with Crippen LogP contribution in [0.15, 0.2) is 18.2 Å². The van der Waals surface area contributed by atoms with Gasteiger partial charge in [0.25, 0.3) is 0 Å². The van der Waals surface area contributed by atoms with Gasteiger partial charge in [-0.2, -0.15) is 0 Å². The number of benzene rings is 1. The van der Waals surface area contributed by atoms with Gasteiger partial charge >= 0.3 is 6.03 Å². The van der Waals surface area contributed by atoms with Crippen LogP contribution in [0.25, 0.3) is 0 Å². The van der Waals surface area contributed by atoms with Crippen LogP contribution in [0.4, 0.5) is 10.5 Å². The van der Waals surface area contributed by atoms with E-state index in [0.717, 1.165) is 13.0 Å². The van der Waals surface area contributed by atoms with E-state index in [4.69, 9.17) is 23.2 Å². The van der Waals surface area contributed by atoms with E-state index < -0.39 is 0 Å². The van der Waals surface area contributed by atoms with Crippen LogP contribution < -0.4 is 16.0 Å². The van der Waals surface area contributed by atoms with Crippen molar-refractivity contribution in [2.45, 2.75) is 25.3 Å². The molecule has 1 aliphatic heterocycles. The van der Waals surface area contributed by atoms with Crippen molar-refractivity contribution in [2.24, 2.45) is 0 Å². The minimum Gasteiger partial charge on any atom is -0.338 e. The molecule has 4 nitrogen and oxygen atoms in total. The molecule has 0 radical (unpaired) electrons. The lowest BCUT2D eigenvalue weighted by Crippen LogP contribution is -2.33. The fourth-order valence-electron chi connectivity index (χ4n) is 2.16. The molecule has 1 aliphatic rings. The number of amides is 2. The zero-order valence-corrected chi connectivity index (χ0v) is 12.0. The van der Waals surface area contributed by atoms with E-state index in [0.29, 0.717) is 28.3 Å². The zero-order valence-electron chi connectivity index (χ0n) is 10.5. The Bertz CT molecular complexity index is 427. The van der Waals surface area contributed by atoms with Crippen LogP contribution in [0.1, 0.15) is 19.3 Å². The third kappa shape index (κ3) is 4.90. The van der Waals surface area contributed by atoms with Crippen molar-refractivity contribution in [3.05, 3.63) is 28.2 Å². The van der Waals surface area contributed by atoms with Crippen molar-refractivity contribution < 1.29 is 4.79 Å². The average molecular weight is 302 g/mol. The number of hydrogen-bond donors (Lipinski definition) is 3. The molecule has 0 aliphatic carbocycles. The van der Waals surface area contributed by atoms with Gasteiger partial charge in [-0.15, -0.1) is 0 Å². The lowest BCUT2D eigenvalue weighted by molar-refractivity contribution is 0.251. The van der Waals surface area contributed by atoms with Gasteiger partial charge in [-0.1, -0.05) is 23.2 Å². The molecule has 0 spiro atoms. The Balaban J connectivity index is 1.74. The quantitative estimate of drug-likeness (QED) is 0.799. The fraction of sp³-hybridized carbons (Fsp3) is 0.462. The highest BCUT2D eigenvalue weighted by Gasteiger charge is 2.13. The number of anilines is 1. The van der Waals surface area contributed by atoms with Gasteiger partial charge in [0.2, 0.25) is 0 Å². The minimum absolute atomic E-state index is 0.240. The van der Waals surface area contributed by atoms with Crippen LogP contribution in [0, 0.1) is 0 Å². The molecule has 0 saturated carbocycles. The molecule has 2 amide bonds. The molecule has 1 atom stereocenters. The fourth-order valence-corrected chi connectivity index (χ4v) is 2.69. The average Bonchev–Trinajstić information content (AvgIpc) is 2.80. The Labute approximate surface area is 122 Å². The lowest BCUT2D eigenvalue weighted by Gasteiger charge is -2.11. The lowest BCUT2D eigenvalue weighted by atomic mass is 10.1. The first-order valence-electron chi connectivity index (χ1n) is 6.38. The maximum atomic E-state index is 11.7. The van der Waals surface area contributed by atoms with Crippen molar-refractivity contribution in [1.82, 2.24) is 10.6 Å². The van der Waals surface area contributed by atoms with Crippen LogP contribution >= 0.6 is 23.2 Å². The van der Waals surface area contributed by atoms with Gasteiger partial charge in [0, 0.05) is 28.3 Å². The van der Waals surface area contributed by atoms with E-state index in [1.165, 1.54) is 12.8 Å². The number of nitrogens with one attached hydrogen (secondary N) is 3. The predicted octanol–water partition coefficient (Wildman–Crippen LogP) is 3.26.